The molecule has 0 saturated heterocycles. The fraction of sp³-hybridized carbons (Fsp3) is 0.0714. The van der Waals surface area contributed by atoms with Crippen molar-refractivity contribution in [2.24, 2.45) is 5.73 Å². The number of pyridine rings is 1. The van der Waals surface area contributed by atoms with Gasteiger partial charge < -0.3 is 10.5 Å². The van der Waals surface area contributed by atoms with Gasteiger partial charge in [-0.05, 0) is 42.8 Å². The molecule has 0 bridgehead atoms. The summed E-state index contributed by atoms with van der Waals surface area (Å²) in [6.45, 7) is 1.84. The summed E-state index contributed by atoms with van der Waals surface area (Å²) >= 11 is 0. The summed E-state index contributed by atoms with van der Waals surface area (Å²) in [4.78, 5) is 25.4. The van der Waals surface area contributed by atoms with Crippen molar-refractivity contribution in [3.05, 3.63) is 53.3 Å². The number of aldehydes is 1. The van der Waals surface area contributed by atoms with Crippen LogP contribution in [0.1, 0.15) is 26.4 Å². The van der Waals surface area contributed by atoms with Gasteiger partial charge in [-0.15, -0.1) is 0 Å². The minimum atomic E-state index is -0.585. The van der Waals surface area contributed by atoms with E-state index in [0.29, 0.717) is 17.1 Å². The highest BCUT2D eigenvalue weighted by atomic mass is 16.5. The lowest BCUT2D eigenvalue weighted by molar-refractivity contribution is 0.0995. The van der Waals surface area contributed by atoms with Gasteiger partial charge in [0.15, 0.2) is 0 Å². The third kappa shape index (κ3) is 2.95. The Balaban J connectivity index is 2.21. The minimum absolute atomic E-state index is 0.181. The molecule has 0 aliphatic heterocycles. The van der Waals surface area contributed by atoms with Gasteiger partial charge in [0.25, 0.3) is 5.91 Å². The number of nitrogens with two attached hydrogens (primary N) is 1. The molecule has 96 valence electrons. The largest absolute Gasteiger partial charge is 0.455 e. The third-order valence-electron chi connectivity index (χ3n) is 2.55. The van der Waals surface area contributed by atoms with Crippen LogP contribution in [0.25, 0.3) is 0 Å². The first kappa shape index (κ1) is 12.8. The van der Waals surface area contributed by atoms with Crippen LogP contribution in [0.3, 0.4) is 0 Å². The van der Waals surface area contributed by atoms with Crippen LogP contribution >= 0.6 is 0 Å². The van der Waals surface area contributed by atoms with Gasteiger partial charge in [-0.1, -0.05) is 0 Å². The van der Waals surface area contributed by atoms with Crippen molar-refractivity contribution in [1.82, 2.24) is 4.98 Å². The molecule has 2 N–H and O–H groups in total. The van der Waals surface area contributed by atoms with Crippen LogP contribution in [-0.4, -0.2) is 17.2 Å². The van der Waals surface area contributed by atoms with E-state index in [2.05, 4.69) is 4.98 Å². The van der Waals surface area contributed by atoms with Crippen molar-refractivity contribution in [2.75, 3.05) is 0 Å². The molecule has 0 fully saturated rings. The van der Waals surface area contributed by atoms with Crippen LogP contribution in [0, 0.1) is 6.92 Å². The quantitative estimate of drug-likeness (QED) is 0.849. The summed E-state index contributed by atoms with van der Waals surface area (Å²) in [5.41, 5.74) is 6.70. The van der Waals surface area contributed by atoms with E-state index in [4.69, 9.17) is 10.5 Å². The molecule has 0 spiro atoms. The molecule has 5 nitrogen and oxygen atoms in total. The molecule has 2 rings (SSSR count). The SMILES string of the molecule is Cc1cc(C=O)ccc1Oc1ccc(C(N)=O)nc1. The maximum Gasteiger partial charge on any atom is 0.267 e. The zero-order chi connectivity index (χ0) is 13.8. The lowest BCUT2D eigenvalue weighted by Gasteiger charge is -2.08. The highest BCUT2D eigenvalue weighted by Gasteiger charge is 2.05. The van der Waals surface area contributed by atoms with Crippen molar-refractivity contribution in [2.45, 2.75) is 6.92 Å². The molecule has 1 heterocycles. The maximum absolute atomic E-state index is 10.9. The summed E-state index contributed by atoms with van der Waals surface area (Å²) in [7, 11) is 0. The lowest BCUT2D eigenvalue weighted by Crippen LogP contribution is -2.12. The number of hydrogen-bond donors (Lipinski definition) is 1. The second-order valence-electron chi connectivity index (χ2n) is 3.99. The number of nitrogens with zero attached hydrogens (tertiary/aromatic N) is 1. The third-order valence-corrected chi connectivity index (χ3v) is 2.55. The molecule has 0 atom stereocenters. The zero-order valence-corrected chi connectivity index (χ0v) is 10.3. The smallest absolute Gasteiger partial charge is 0.267 e. The molecule has 2 aromatic rings. The number of carbonyl (C=O) groups is 2. The number of rotatable bonds is 4. The standard InChI is InChI=1S/C14H12N2O3/c1-9-6-10(8-17)2-5-13(9)19-11-3-4-12(14(15)18)16-7-11/h2-8H,1H3,(H2,15,18). The number of ether oxygens (including phenoxy) is 1. The second-order valence-corrected chi connectivity index (χ2v) is 3.99. The van der Waals surface area contributed by atoms with Crippen molar-refractivity contribution < 1.29 is 14.3 Å². The fourth-order valence-corrected chi connectivity index (χ4v) is 1.57. The first-order valence-corrected chi connectivity index (χ1v) is 5.59. The summed E-state index contributed by atoms with van der Waals surface area (Å²) in [5.74, 6) is 0.532. The van der Waals surface area contributed by atoms with E-state index in [0.717, 1.165) is 11.8 Å². The van der Waals surface area contributed by atoms with E-state index >= 15 is 0 Å². The number of aryl methyl sites for hydroxylation is 1. The van der Waals surface area contributed by atoms with Crippen molar-refractivity contribution in [1.29, 1.82) is 0 Å². The van der Waals surface area contributed by atoms with Gasteiger partial charge in [0.2, 0.25) is 0 Å². The van der Waals surface area contributed by atoms with Crippen LogP contribution in [-0.2, 0) is 0 Å². The van der Waals surface area contributed by atoms with Gasteiger partial charge in [0, 0.05) is 5.56 Å². The van der Waals surface area contributed by atoms with Crippen LogP contribution in [0.2, 0.25) is 0 Å². The Labute approximate surface area is 110 Å². The number of primary amides is 1. The highest BCUT2D eigenvalue weighted by Crippen LogP contribution is 2.24. The predicted molar refractivity (Wildman–Crippen MR) is 69.4 cm³/mol. The first-order valence-electron chi connectivity index (χ1n) is 5.59. The van der Waals surface area contributed by atoms with E-state index < -0.39 is 5.91 Å². The molecule has 0 aliphatic rings. The van der Waals surface area contributed by atoms with Crippen molar-refractivity contribution in [3.8, 4) is 11.5 Å². The molecular formula is C14H12N2O3. The van der Waals surface area contributed by atoms with Gasteiger partial charge in [-0.25, -0.2) is 4.98 Å². The van der Waals surface area contributed by atoms with Crippen LogP contribution in [0.4, 0.5) is 0 Å². The molecule has 5 heteroatoms. The van der Waals surface area contributed by atoms with Crippen LogP contribution in [0.5, 0.6) is 11.5 Å². The molecule has 1 aromatic carbocycles. The van der Waals surface area contributed by atoms with E-state index in [1.54, 1.807) is 24.3 Å². The molecule has 0 aliphatic carbocycles. The molecule has 0 unspecified atom stereocenters. The molecule has 0 radical (unpaired) electrons. The van der Waals surface area contributed by atoms with E-state index in [-0.39, 0.29) is 5.69 Å². The number of amides is 1. The number of benzene rings is 1. The Bertz CT molecular complexity index is 621. The summed E-state index contributed by atoms with van der Waals surface area (Å²) in [6.07, 6.45) is 2.20. The Morgan fingerprint density at radius 1 is 1.32 bits per heavy atom. The number of hydrogen-bond acceptors (Lipinski definition) is 4. The van der Waals surface area contributed by atoms with Crippen molar-refractivity contribution in [3.63, 3.8) is 0 Å². The van der Waals surface area contributed by atoms with Gasteiger partial charge in [-0.2, -0.15) is 0 Å². The Kier molecular flexibility index (Phi) is 3.56. The highest BCUT2D eigenvalue weighted by molar-refractivity contribution is 5.90. The minimum Gasteiger partial charge on any atom is -0.455 e. The molecule has 19 heavy (non-hydrogen) atoms. The first-order chi connectivity index (χ1) is 9.10. The Morgan fingerprint density at radius 3 is 2.63 bits per heavy atom. The maximum atomic E-state index is 10.9. The topological polar surface area (TPSA) is 82.3 Å². The second kappa shape index (κ2) is 5.30. The van der Waals surface area contributed by atoms with Crippen molar-refractivity contribution >= 4 is 12.2 Å². The van der Waals surface area contributed by atoms with E-state index in [1.807, 2.05) is 6.92 Å². The van der Waals surface area contributed by atoms with Gasteiger partial charge >= 0.3 is 0 Å². The van der Waals surface area contributed by atoms with Gasteiger partial charge in [0.05, 0.1) is 6.20 Å². The Morgan fingerprint density at radius 2 is 2.11 bits per heavy atom. The number of aromatic nitrogens is 1. The molecular weight excluding hydrogens is 244 g/mol. The molecule has 1 amide bonds. The summed E-state index contributed by atoms with van der Waals surface area (Å²) in [5, 5.41) is 0. The summed E-state index contributed by atoms with van der Waals surface area (Å²) < 4.78 is 5.61. The van der Waals surface area contributed by atoms with Crippen LogP contribution < -0.4 is 10.5 Å². The number of carbonyl (C=O) groups excluding carboxylic acids is 2. The van der Waals surface area contributed by atoms with Gasteiger partial charge in [-0.3, -0.25) is 9.59 Å². The van der Waals surface area contributed by atoms with E-state index in [9.17, 15) is 9.59 Å². The zero-order valence-electron chi connectivity index (χ0n) is 10.3. The molecule has 1 aromatic heterocycles. The normalized spacial score (nSPS) is 9.95. The fourth-order valence-electron chi connectivity index (χ4n) is 1.57. The van der Waals surface area contributed by atoms with Gasteiger partial charge in [0.1, 0.15) is 23.5 Å². The monoisotopic (exact) mass is 256 g/mol. The summed E-state index contributed by atoms with van der Waals surface area (Å²) in [6, 6.07) is 8.21. The van der Waals surface area contributed by atoms with E-state index in [1.165, 1.54) is 12.3 Å². The average molecular weight is 256 g/mol. The Hall–Kier alpha value is -2.69. The average Bonchev–Trinajstić information content (AvgIpc) is 2.41. The predicted octanol–water partition coefficient (Wildman–Crippen LogP) is 2.09. The molecule has 0 saturated carbocycles. The lowest BCUT2D eigenvalue weighted by atomic mass is 10.1. The van der Waals surface area contributed by atoms with Crippen LogP contribution in [0.15, 0.2) is 36.5 Å².